The summed E-state index contributed by atoms with van der Waals surface area (Å²) >= 11 is 0. The summed E-state index contributed by atoms with van der Waals surface area (Å²) in [5.74, 6) is -0.548. The van der Waals surface area contributed by atoms with Crippen molar-refractivity contribution in [3.05, 3.63) is 45.3 Å². The van der Waals surface area contributed by atoms with Gasteiger partial charge < -0.3 is 5.11 Å². The van der Waals surface area contributed by atoms with Crippen LogP contribution in [0, 0.1) is 15.9 Å². The van der Waals surface area contributed by atoms with E-state index in [-0.39, 0.29) is 17.9 Å². The smallest absolute Gasteiger partial charge is 0.270 e. The molecule has 15 heavy (non-hydrogen) atoms. The summed E-state index contributed by atoms with van der Waals surface area (Å²) in [7, 11) is 0. The van der Waals surface area contributed by atoms with E-state index in [1.165, 1.54) is 6.08 Å². The highest BCUT2D eigenvalue weighted by molar-refractivity contribution is 5.56. The lowest BCUT2D eigenvalue weighted by Gasteiger charge is -1.99. The van der Waals surface area contributed by atoms with E-state index < -0.39 is 10.7 Å². The van der Waals surface area contributed by atoms with Crippen molar-refractivity contribution in [2.75, 3.05) is 6.61 Å². The maximum atomic E-state index is 13.2. The molecule has 4 nitrogen and oxygen atoms in total. The molecule has 1 aromatic carbocycles. The van der Waals surface area contributed by atoms with Gasteiger partial charge in [0, 0.05) is 17.7 Å². The Balaban J connectivity index is 3.17. The van der Waals surface area contributed by atoms with Crippen molar-refractivity contribution in [2.24, 2.45) is 0 Å². The van der Waals surface area contributed by atoms with Crippen molar-refractivity contribution in [1.82, 2.24) is 0 Å². The molecule has 0 bridgehead atoms. The van der Waals surface area contributed by atoms with Crippen molar-refractivity contribution >= 4 is 11.8 Å². The molecule has 0 saturated carbocycles. The van der Waals surface area contributed by atoms with Crippen LogP contribution in [0.4, 0.5) is 10.1 Å². The Morgan fingerprint density at radius 1 is 1.67 bits per heavy atom. The minimum absolute atomic E-state index is 0.107. The number of rotatable bonds is 3. The zero-order chi connectivity index (χ0) is 11.4. The van der Waals surface area contributed by atoms with E-state index in [1.54, 1.807) is 6.92 Å². The molecule has 0 amide bonds. The van der Waals surface area contributed by atoms with Gasteiger partial charge in [0.25, 0.3) is 5.69 Å². The fourth-order valence-electron chi connectivity index (χ4n) is 1.07. The Morgan fingerprint density at radius 3 is 2.87 bits per heavy atom. The fraction of sp³-hybridized carbons (Fsp3) is 0.200. The summed E-state index contributed by atoms with van der Waals surface area (Å²) in [5, 5.41) is 19.2. The lowest BCUT2D eigenvalue weighted by molar-refractivity contribution is -0.384. The van der Waals surface area contributed by atoms with Crippen LogP contribution in [0.15, 0.2) is 23.8 Å². The third-order valence-corrected chi connectivity index (χ3v) is 1.84. The minimum atomic E-state index is -0.592. The molecule has 0 unspecified atom stereocenters. The number of non-ortho nitro benzene ring substituents is 1. The van der Waals surface area contributed by atoms with E-state index in [1.807, 2.05) is 0 Å². The number of benzene rings is 1. The third kappa shape index (κ3) is 2.85. The van der Waals surface area contributed by atoms with Crippen LogP contribution in [0.3, 0.4) is 0 Å². The van der Waals surface area contributed by atoms with Gasteiger partial charge >= 0.3 is 0 Å². The minimum Gasteiger partial charge on any atom is -0.392 e. The van der Waals surface area contributed by atoms with Crippen molar-refractivity contribution in [2.45, 2.75) is 6.92 Å². The normalized spacial score (nSPS) is 11.5. The Bertz CT molecular complexity index is 415. The number of aliphatic hydroxyl groups excluding tert-OH is 1. The van der Waals surface area contributed by atoms with Gasteiger partial charge in [-0.05, 0) is 18.6 Å². The van der Waals surface area contributed by atoms with Crippen molar-refractivity contribution in [3.8, 4) is 0 Å². The lowest BCUT2D eigenvalue weighted by Crippen LogP contribution is -1.92. The fourth-order valence-corrected chi connectivity index (χ4v) is 1.07. The number of hydrogen-bond acceptors (Lipinski definition) is 3. The van der Waals surface area contributed by atoms with Crippen LogP contribution in [-0.2, 0) is 0 Å². The number of hydrogen-bond donors (Lipinski definition) is 1. The average molecular weight is 211 g/mol. The molecule has 1 rings (SSSR count). The second-order valence-electron chi connectivity index (χ2n) is 3.11. The van der Waals surface area contributed by atoms with E-state index in [0.29, 0.717) is 5.57 Å². The van der Waals surface area contributed by atoms with Gasteiger partial charge in [-0.3, -0.25) is 10.1 Å². The van der Waals surface area contributed by atoms with Crippen LogP contribution in [0.1, 0.15) is 12.5 Å². The van der Waals surface area contributed by atoms with Crippen LogP contribution in [0.2, 0.25) is 0 Å². The molecule has 0 saturated heterocycles. The van der Waals surface area contributed by atoms with Gasteiger partial charge in [0.05, 0.1) is 11.5 Å². The van der Waals surface area contributed by atoms with Gasteiger partial charge in [-0.25, -0.2) is 4.39 Å². The topological polar surface area (TPSA) is 63.4 Å². The molecule has 0 aliphatic heterocycles. The zero-order valence-corrected chi connectivity index (χ0v) is 8.11. The molecule has 80 valence electrons. The maximum absolute atomic E-state index is 13.2. The first-order valence-electron chi connectivity index (χ1n) is 4.26. The first-order chi connectivity index (χ1) is 7.04. The quantitative estimate of drug-likeness (QED) is 0.615. The summed E-state index contributed by atoms with van der Waals surface area (Å²) in [5.41, 5.74) is 0.471. The largest absolute Gasteiger partial charge is 0.392 e. The van der Waals surface area contributed by atoms with E-state index >= 15 is 0 Å². The van der Waals surface area contributed by atoms with Gasteiger partial charge in [0.15, 0.2) is 0 Å². The van der Waals surface area contributed by atoms with Crippen molar-refractivity contribution in [1.29, 1.82) is 0 Å². The van der Waals surface area contributed by atoms with Gasteiger partial charge in [-0.15, -0.1) is 0 Å². The number of nitrogens with zero attached hydrogens (tertiary/aromatic N) is 1. The highest BCUT2D eigenvalue weighted by atomic mass is 19.1. The first-order valence-corrected chi connectivity index (χ1v) is 4.26. The third-order valence-electron chi connectivity index (χ3n) is 1.84. The molecule has 0 aliphatic rings. The number of nitro benzene ring substituents is 1. The van der Waals surface area contributed by atoms with Crippen LogP contribution in [0.5, 0.6) is 0 Å². The van der Waals surface area contributed by atoms with Crippen LogP contribution >= 0.6 is 0 Å². The standard InChI is InChI=1S/C10H10FNO3/c1-7(6-13)4-8-5-9(12(14)15)2-3-10(8)11/h2-5,13H,6H2,1H3/b7-4-. The molecule has 0 radical (unpaired) electrons. The van der Waals surface area contributed by atoms with Crippen LogP contribution in [0.25, 0.3) is 6.08 Å². The molecule has 5 heteroatoms. The molecule has 0 heterocycles. The molecular weight excluding hydrogens is 201 g/mol. The lowest BCUT2D eigenvalue weighted by atomic mass is 10.1. The molecule has 0 spiro atoms. The first kappa shape index (κ1) is 11.3. The van der Waals surface area contributed by atoms with E-state index in [4.69, 9.17) is 5.11 Å². The monoisotopic (exact) mass is 211 g/mol. The second kappa shape index (κ2) is 4.65. The predicted molar refractivity (Wildman–Crippen MR) is 53.8 cm³/mol. The average Bonchev–Trinajstić information content (AvgIpc) is 2.20. The number of halogens is 1. The summed E-state index contributed by atoms with van der Waals surface area (Å²) in [6.45, 7) is 1.40. The number of nitro groups is 1. The summed E-state index contributed by atoms with van der Waals surface area (Å²) < 4.78 is 13.2. The molecule has 1 N–H and O–H groups in total. The van der Waals surface area contributed by atoms with Crippen LogP contribution < -0.4 is 0 Å². The molecule has 0 atom stereocenters. The Morgan fingerprint density at radius 2 is 2.33 bits per heavy atom. The van der Waals surface area contributed by atoms with Gasteiger partial charge in [0.2, 0.25) is 0 Å². The van der Waals surface area contributed by atoms with Crippen molar-refractivity contribution < 1.29 is 14.4 Å². The summed E-state index contributed by atoms with van der Waals surface area (Å²) in [4.78, 5) is 9.84. The van der Waals surface area contributed by atoms with Gasteiger partial charge in [0.1, 0.15) is 5.82 Å². The number of aliphatic hydroxyl groups is 1. The van der Waals surface area contributed by atoms with E-state index in [0.717, 1.165) is 18.2 Å². The summed E-state index contributed by atoms with van der Waals surface area (Å²) in [6, 6.07) is 3.27. The van der Waals surface area contributed by atoms with Crippen LogP contribution in [-0.4, -0.2) is 16.6 Å². The van der Waals surface area contributed by atoms with E-state index in [9.17, 15) is 14.5 Å². The van der Waals surface area contributed by atoms with Gasteiger partial charge in [-0.1, -0.05) is 6.08 Å². The Labute approximate surface area is 85.8 Å². The summed E-state index contributed by atoms with van der Waals surface area (Å²) in [6.07, 6.45) is 1.38. The van der Waals surface area contributed by atoms with Gasteiger partial charge in [-0.2, -0.15) is 0 Å². The highest BCUT2D eigenvalue weighted by Crippen LogP contribution is 2.19. The Kier molecular flexibility index (Phi) is 3.51. The molecule has 0 fully saturated rings. The maximum Gasteiger partial charge on any atom is 0.270 e. The highest BCUT2D eigenvalue weighted by Gasteiger charge is 2.08. The van der Waals surface area contributed by atoms with Crippen molar-refractivity contribution in [3.63, 3.8) is 0 Å². The zero-order valence-electron chi connectivity index (χ0n) is 8.11. The molecule has 0 aromatic heterocycles. The van der Waals surface area contributed by atoms with E-state index in [2.05, 4.69) is 0 Å². The SMILES string of the molecule is C/C(=C/c1cc([N+](=O)[O-])ccc1F)CO. The predicted octanol–water partition coefficient (Wildman–Crippen LogP) is 2.13. The molecular formula is C10H10FNO3. The molecule has 1 aromatic rings. The molecule has 0 aliphatic carbocycles. The Hall–Kier alpha value is -1.75. The second-order valence-corrected chi connectivity index (χ2v) is 3.11.